The van der Waals surface area contributed by atoms with Crippen molar-refractivity contribution in [2.75, 3.05) is 0 Å². The third-order valence-electron chi connectivity index (χ3n) is 9.38. The second-order valence-corrected chi connectivity index (χ2v) is 12.1. The quantitative estimate of drug-likeness (QED) is 0.214. The van der Waals surface area contributed by atoms with Gasteiger partial charge in [0.05, 0.1) is 0 Å². The van der Waals surface area contributed by atoms with Crippen LogP contribution in [0.2, 0.25) is 0 Å². The second kappa shape index (κ2) is 10.5. The highest BCUT2D eigenvalue weighted by Gasteiger charge is 2.25. The van der Waals surface area contributed by atoms with Gasteiger partial charge in [-0.25, -0.2) is 9.98 Å². The van der Waals surface area contributed by atoms with Crippen LogP contribution in [0.1, 0.15) is 22.9 Å². The monoisotopic (exact) mass is 617 g/mol. The van der Waals surface area contributed by atoms with Crippen molar-refractivity contribution >= 4 is 66.3 Å². The lowest BCUT2D eigenvalue weighted by Crippen LogP contribution is -2.33. The fourth-order valence-corrected chi connectivity index (χ4v) is 7.24. The van der Waals surface area contributed by atoms with Crippen LogP contribution in [0.4, 0.5) is 0 Å². The Morgan fingerprint density at radius 1 is 0.438 bits per heavy atom. The average molecular weight is 618 g/mol. The summed E-state index contributed by atoms with van der Waals surface area (Å²) in [5.41, 5.74) is 8.77. The molecule has 0 fully saturated rings. The lowest BCUT2D eigenvalue weighted by molar-refractivity contribution is 0.668. The molecule has 0 amide bonds. The SMILES string of the molecule is c1ccc(C2=NC(c3cccc4c(-c5cccc6oc7ccccc7c56)cccc34)NC(c3cccc4oc5ccccc5c34)=N2)cc1. The molecule has 2 aromatic heterocycles. The van der Waals surface area contributed by atoms with Crippen molar-refractivity contribution in [2.24, 2.45) is 9.98 Å². The van der Waals surface area contributed by atoms with Crippen molar-refractivity contribution in [3.05, 3.63) is 168 Å². The Morgan fingerprint density at radius 3 is 1.73 bits per heavy atom. The van der Waals surface area contributed by atoms with Crippen LogP contribution in [0.3, 0.4) is 0 Å². The van der Waals surface area contributed by atoms with E-state index in [0.29, 0.717) is 5.84 Å². The van der Waals surface area contributed by atoms with Crippen LogP contribution in [0.15, 0.2) is 170 Å². The molecular formula is C43H27N3O2. The lowest BCUT2D eigenvalue weighted by Gasteiger charge is -2.25. The van der Waals surface area contributed by atoms with E-state index in [-0.39, 0.29) is 6.17 Å². The van der Waals surface area contributed by atoms with E-state index in [9.17, 15) is 0 Å². The van der Waals surface area contributed by atoms with Crippen molar-refractivity contribution < 1.29 is 8.83 Å². The molecule has 1 aliphatic heterocycles. The van der Waals surface area contributed by atoms with Crippen molar-refractivity contribution in [2.45, 2.75) is 6.17 Å². The summed E-state index contributed by atoms with van der Waals surface area (Å²) in [4.78, 5) is 10.4. The largest absolute Gasteiger partial charge is 0.456 e. The molecule has 5 heteroatoms. The van der Waals surface area contributed by atoms with Gasteiger partial charge in [-0.05, 0) is 46.2 Å². The zero-order valence-electron chi connectivity index (χ0n) is 25.7. The molecule has 1 aliphatic rings. The fourth-order valence-electron chi connectivity index (χ4n) is 7.24. The molecular weight excluding hydrogens is 590 g/mol. The minimum atomic E-state index is -0.384. The van der Waals surface area contributed by atoms with Gasteiger partial charge in [0.1, 0.15) is 34.3 Å². The van der Waals surface area contributed by atoms with Gasteiger partial charge < -0.3 is 14.2 Å². The molecule has 0 spiro atoms. The minimum Gasteiger partial charge on any atom is -0.456 e. The minimum absolute atomic E-state index is 0.384. The molecule has 1 N–H and O–H groups in total. The standard InChI is InChI=1S/C43H27N3O2/c1-2-12-26(13-3-1)41-44-42(46-43(45-41)34-21-11-25-38-40(34)33-15-5-7-23-36(33)48-38)31-20-9-16-27-28(17-8-18-29(27)31)30-19-10-24-37-39(30)32-14-4-6-22-35(32)47-37/h1-25,42H,(H,44,45,46). The van der Waals surface area contributed by atoms with Gasteiger partial charge >= 0.3 is 0 Å². The molecule has 48 heavy (non-hydrogen) atoms. The van der Waals surface area contributed by atoms with E-state index < -0.39 is 0 Å². The van der Waals surface area contributed by atoms with Crippen molar-refractivity contribution in [1.29, 1.82) is 0 Å². The average Bonchev–Trinajstić information content (AvgIpc) is 3.73. The van der Waals surface area contributed by atoms with Crippen LogP contribution in [-0.2, 0) is 0 Å². The van der Waals surface area contributed by atoms with Gasteiger partial charge in [0.2, 0.25) is 0 Å². The van der Waals surface area contributed by atoms with Gasteiger partial charge in [-0.3, -0.25) is 0 Å². The Morgan fingerprint density at radius 2 is 0.979 bits per heavy atom. The zero-order chi connectivity index (χ0) is 31.6. The number of aliphatic imine (C=N–C) groups is 2. The molecule has 0 bridgehead atoms. The van der Waals surface area contributed by atoms with Crippen LogP contribution >= 0.6 is 0 Å². The van der Waals surface area contributed by atoms with Gasteiger partial charge in [-0.1, -0.05) is 127 Å². The van der Waals surface area contributed by atoms with Crippen molar-refractivity contribution in [3.63, 3.8) is 0 Å². The number of rotatable bonds is 4. The molecule has 1 atom stereocenters. The van der Waals surface area contributed by atoms with Crippen LogP contribution in [0.5, 0.6) is 0 Å². The van der Waals surface area contributed by atoms with E-state index in [2.05, 4.69) is 90.2 Å². The molecule has 10 rings (SSSR count). The van der Waals surface area contributed by atoms with Gasteiger partial charge in [0, 0.05) is 38.2 Å². The predicted molar refractivity (Wildman–Crippen MR) is 196 cm³/mol. The Bertz CT molecular complexity index is 2770. The Balaban J connectivity index is 1.17. The first-order valence-corrected chi connectivity index (χ1v) is 16.1. The Kier molecular flexibility index (Phi) is 5.87. The molecule has 1 unspecified atom stereocenters. The van der Waals surface area contributed by atoms with E-state index in [1.165, 1.54) is 0 Å². The highest BCUT2D eigenvalue weighted by atomic mass is 16.3. The van der Waals surface area contributed by atoms with Crippen LogP contribution < -0.4 is 5.32 Å². The summed E-state index contributed by atoms with van der Waals surface area (Å²) in [6.07, 6.45) is -0.384. The lowest BCUT2D eigenvalue weighted by atomic mass is 9.92. The number of hydrogen-bond acceptors (Lipinski definition) is 5. The molecule has 5 nitrogen and oxygen atoms in total. The Hall–Kier alpha value is -6.46. The summed E-state index contributed by atoms with van der Waals surface area (Å²) in [6, 6.07) is 52.1. The highest BCUT2D eigenvalue weighted by molar-refractivity contribution is 6.22. The summed E-state index contributed by atoms with van der Waals surface area (Å²) in [5, 5.41) is 10.4. The normalized spacial score (nSPS) is 14.9. The number of amidine groups is 2. The molecule has 0 saturated carbocycles. The summed E-state index contributed by atoms with van der Waals surface area (Å²) in [6.45, 7) is 0. The smallest absolute Gasteiger partial charge is 0.159 e. The summed E-state index contributed by atoms with van der Waals surface area (Å²) < 4.78 is 12.5. The van der Waals surface area contributed by atoms with E-state index in [1.54, 1.807) is 0 Å². The third-order valence-corrected chi connectivity index (χ3v) is 9.38. The summed E-state index contributed by atoms with van der Waals surface area (Å²) >= 11 is 0. The Labute approximate surface area is 275 Å². The maximum Gasteiger partial charge on any atom is 0.159 e. The van der Waals surface area contributed by atoms with Crippen molar-refractivity contribution in [1.82, 2.24) is 5.32 Å². The predicted octanol–water partition coefficient (Wildman–Crippen LogP) is 10.8. The first-order chi connectivity index (χ1) is 23.8. The molecule has 0 saturated heterocycles. The maximum absolute atomic E-state index is 6.26. The van der Waals surface area contributed by atoms with Crippen LogP contribution in [-0.4, -0.2) is 11.7 Å². The maximum atomic E-state index is 6.26. The fraction of sp³-hybridized carbons (Fsp3) is 0.0233. The summed E-state index contributed by atoms with van der Waals surface area (Å²) in [5.74, 6) is 1.44. The molecule has 3 heterocycles. The number of hydrogen-bond donors (Lipinski definition) is 1. The first kappa shape index (κ1) is 26.7. The van der Waals surface area contributed by atoms with Gasteiger partial charge in [-0.15, -0.1) is 0 Å². The van der Waals surface area contributed by atoms with E-state index in [4.69, 9.17) is 18.8 Å². The second-order valence-electron chi connectivity index (χ2n) is 12.1. The highest BCUT2D eigenvalue weighted by Crippen LogP contribution is 2.41. The van der Waals surface area contributed by atoms with E-state index in [0.717, 1.165) is 88.3 Å². The number of benzene rings is 7. The van der Waals surface area contributed by atoms with Crippen molar-refractivity contribution in [3.8, 4) is 11.1 Å². The number of furan rings is 2. The first-order valence-electron chi connectivity index (χ1n) is 16.1. The zero-order valence-corrected chi connectivity index (χ0v) is 25.7. The number of para-hydroxylation sites is 2. The van der Waals surface area contributed by atoms with Crippen LogP contribution in [0.25, 0.3) is 65.8 Å². The molecule has 7 aromatic carbocycles. The molecule has 0 aliphatic carbocycles. The van der Waals surface area contributed by atoms with Gasteiger partial charge in [0.15, 0.2) is 5.84 Å². The number of fused-ring (bicyclic) bond motifs is 7. The third kappa shape index (κ3) is 4.11. The van der Waals surface area contributed by atoms with Crippen LogP contribution in [0, 0.1) is 0 Å². The van der Waals surface area contributed by atoms with E-state index >= 15 is 0 Å². The van der Waals surface area contributed by atoms with Gasteiger partial charge in [0.25, 0.3) is 0 Å². The molecule has 9 aromatic rings. The molecule has 0 radical (unpaired) electrons. The number of nitrogens with zero attached hydrogens (tertiary/aromatic N) is 2. The van der Waals surface area contributed by atoms with Gasteiger partial charge in [-0.2, -0.15) is 0 Å². The van der Waals surface area contributed by atoms with E-state index in [1.807, 2.05) is 66.7 Å². The summed E-state index contributed by atoms with van der Waals surface area (Å²) in [7, 11) is 0. The number of nitrogens with one attached hydrogen (secondary N) is 1. The topological polar surface area (TPSA) is 63.0 Å². The molecule has 226 valence electrons.